The van der Waals surface area contributed by atoms with Crippen molar-refractivity contribution >= 4 is 23.6 Å². The molecule has 15 heteroatoms. The van der Waals surface area contributed by atoms with E-state index in [0.29, 0.717) is 75.5 Å². The molecule has 0 bridgehead atoms. The zero-order chi connectivity index (χ0) is 43.8. The maximum atomic E-state index is 15.5. The highest BCUT2D eigenvalue weighted by atomic mass is 19.4. The lowest BCUT2D eigenvalue weighted by Gasteiger charge is -2.41. The first-order valence-corrected chi connectivity index (χ1v) is 21.3. The third-order valence-electron chi connectivity index (χ3n) is 12.6. The Morgan fingerprint density at radius 1 is 0.794 bits per heavy atom. The molecule has 1 saturated heterocycles. The van der Waals surface area contributed by atoms with Crippen LogP contribution in [0.4, 0.5) is 23.7 Å². The van der Waals surface area contributed by atoms with E-state index < -0.39 is 18.2 Å². The molecule has 0 unspecified atom stereocenters. The number of hydrogen-bond donors (Lipinski definition) is 1. The highest BCUT2D eigenvalue weighted by Gasteiger charge is 2.36. The minimum Gasteiger partial charge on any atom is -0.508 e. The summed E-state index contributed by atoms with van der Waals surface area (Å²) in [5.41, 5.74) is 8.08. The van der Waals surface area contributed by atoms with Crippen LogP contribution in [0.15, 0.2) is 91.0 Å². The monoisotopic (exact) mass is 863 g/mol. The number of benzene rings is 4. The van der Waals surface area contributed by atoms with Gasteiger partial charge in [-0.15, -0.1) is 13.2 Å². The van der Waals surface area contributed by atoms with Crippen LogP contribution in [0.1, 0.15) is 61.5 Å². The highest BCUT2D eigenvalue weighted by molar-refractivity contribution is 6.08. The quantitative estimate of drug-likeness (QED) is 0.168. The molecule has 0 radical (unpaired) electrons. The van der Waals surface area contributed by atoms with Crippen LogP contribution in [0, 0.1) is 0 Å². The van der Waals surface area contributed by atoms with Crippen LogP contribution in [-0.2, 0) is 43.6 Å². The minimum absolute atomic E-state index is 0.0580. The van der Waals surface area contributed by atoms with E-state index in [2.05, 4.69) is 32.4 Å². The molecule has 0 saturated carbocycles. The summed E-state index contributed by atoms with van der Waals surface area (Å²) >= 11 is 0. The molecule has 1 N–H and O–H groups in total. The molecule has 1 fully saturated rings. The second kappa shape index (κ2) is 17.4. The number of alkyl halides is 3. The van der Waals surface area contributed by atoms with Crippen LogP contribution in [0.5, 0.6) is 17.2 Å². The molecule has 12 nitrogen and oxygen atoms in total. The number of hydrogen-bond acceptors (Lipinski definition) is 8. The number of fused-ring (bicyclic) bond motifs is 3. The molecule has 4 aliphatic heterocycles. The van der Waals surface area contributed by atoms with Crippen molar-refractivity contribution in [1.29, 1.82) is 0 Å². The van der Waals surface area contributed by atoms with Gasteiger partial charge in [0.1, 0.15) is 17.2 Å². The van der Waals surface area contributed by atoms with E-state index in [1.54, 1.807) is 36.2 Å². The van der Waals surface area contributed by atoms with E-state index >= 15 is 4.79 Å². The van der Waals surface area contributed by atoms with Crippen molar-refractivity contribution in [2.24, 2.45) is 0 Å². The Kier molecular flexibility index (Phi) is 11.6. The normalized spacial score (nSPS) is 17.6. The zero-order valence-electron chi connectivity index (χ0n) is 34.9. The number of phenols is 1. The lowest BCUT2D eigenvalue weighted by molar-refractivity contribution is -0.274. The van der Waals surface area contributed by atoms with Crippen LogP contribution < -0.4 is 14.4 Å². The fraction of sp³-hybridized carbons (Fsp3) is 0.354. The summed E-state index contributed by atoms with van der Waals surface area (Å²) in [7, 11) is 1.71. The van der Waals surface area contributed by atoms with Crippen molar-refractivity contribution in [2.75, 3.05) is 51.3 Å². The highest BCUT2D eigenvalue weighted by Crippen LogP contribution is 2.38. The average molecular weight is 864 g/mol. The standard InChI is InChI=1S/C48H48F3N5O7/c1-52(35-9-11-37(57)12-10-35)45(58)42-27-44(55-18-5-4-8-43(42)55)40-25-32-17-19-54(47(60)62-38-13-15-39(16-14-38)63-48(49,50)51)28-34(32)26-41(40)46(59)56-29-33-7-3-2-6-31(33)24-36(56)30-53-20-22-61-23-21-53/h2-3,6-7,9-16,25-27,36,57H,4-5,8,17-24,28-30H2,1H3/t36-/m0/s1. The summed E-state index contributed by atoms with van der Waals surface area (Å²) < 4.78 is 55.6. The second-order valence-electron chi connectivity index (χ2n) is 16.6. The summed E-state index contributed by atoms with van der Waals surface area (Å²) in [6.07, 6.45) is -1.89. The number of ether oxygens (including phenoxy) is 3. The maximum Gasteiger partial charge on any atom is 0.573 e. The fourth-order valence-electron chi connectivity index (χ4n) is 9.31. The van der Waals surface area contributed by atoms with Crippen LogP contribution >= 0.6 is 0 Å². The minimum atomic E-state index is -4.85. The lowest BCUT2D eigenvalue weighted by Crippen LogP contribution is -2.52. The largest absolute Gasteiger partial charge is 0.573 e. The molecule has 9 rings (SSSR count). The van der Waals surface area contributed by atoms with Crippen molar-refractivity contribution in [3.05, 3.63) is 130 Å². The smallest absolute Gasteiger partial charge is 0.508 e. The van der Waals surface area contributed by atoms with Crippen LogP contribution in [0.3, 0.4) is 0 Å². The van der Waals surface area contributed by atoms with Gasteiger partial charge in [0.25, 0.3) is 11.8 Å². The van der Waals surface area contributed by atoms with Gasteiger partial charge in [0.05, 0.1) is 18.8 Å². The van der Waals surface area contributed by atoms with Gasteiger partial charge in [-0.2, -0.15) is 0 Å². The number of rotatable bonds is 8. The average Bonchev–Trinajstić information content (AvgIpc) is 3.68. The molecule has 3 amide bonds. The van der Waals surface area contributed by atoms with E-state index in [1.165, 1.54) is 22.6 Å². The van der Waals surface area contributed by atoms with Crippen molar-refractivity contribution in [1.82, 2.24) is 19.3 Å². The van der Waals surface area contributed by atoms with Crippen LogP contribution in [0.2, 0.25) is 0 Å². The Labute approximate surface area is 363 Å². The zero-order valence-corrected chi connectivity index (χ0v) is 34.9. The summed E-state index contributed by atoms with van der Waals surface area (Å²) in [5, 5.41) is 9.91. The number of aromatic nitrogens is 1. The van der Waals surface area contributed by atoms with Gasteiger partial charge in [-0.3, -0.25) is 14.5 Å². The molecule has 1 aromatic heterocycles. The third kappa shape index (κ3) is 8.98. The molecular formula is C48H48F3N5O7. The first-order valence-electron chi connectivity index (χ1n) is 21.3. The van der Waals surface area contributed by atoms with E-state index in [9.17, 15) is 27.9 Å². The van der Waals surface area contributed by atoms with E-state index in [0.717, 1.165) is 71.7 Å². The number of halogens is 3. The van der Waals surface area contributed by atoms with Crippen molar-refractivity contribution < 1.29 is 46.9 Å². The Hall–Kier alpha value is -6.32. The van der Waals surface area contributed by atoms with Gasteiger partial charge in [-0.05, 0) is 121 Å². The number of carbonyl (C=O) groups is 3. The van der Waals surface area contributed by atoms with Gasteiger partial charge in [-0.25, -0.2) is 4.79 Å². The van der Waals surface area contributed by atoms with Gasteiger partial charge in [0.15, 0.2) is 0 Å². The summed E-state index contributed by atoms with van der Waals surface area (Å²) in [6, 6.07) is 25.1. The van der Waals surface area contributed by atoms with Crippen LogP contribution in [-0.4, -0.2) is 101 Å². The van der Waals surface area contributed by atoms with E-state index in [4.69, 9.17) is 9.47 Å². The molecule has 0 aliphatic carbocycles. The first-order chi connectivity index (χ1) is 30.4. The SMILES string of the molecule is CN(C(=O)c1cc(-c2cc3c(cc2C(=O)N2Cc4ccccc4C[C@H]2CN2CCOCC2)CN(C(=O)Oc2ccc(OC(F)(F)F)cc2)CC3)n2c1CCCC2)c1ccc(O)cc1. The molecule has 4 aliphatic rings. The summed E-state index contributed by atoms with van der Waals surface area (Å²) in [5.74, 6) is -0.621. The van der Waals surface area contributed by atoms with Gasteiger partial charge in [-0.1, -0.05) is 24.3 Å². The molecule has 1 atom stereocenters. The van der Waals surface area contributed by atoms with E-state index in [-0.39, 0.29) is 35.9 Å². The Balaban J connectivity index is 1.09. The topological polar surface area (TPSA) is 117 Å². The van der Waals surface area contributed by atoms with Gasteiger partial charge in [0.2, 0.25) is 0 Å². The number of anilines is 1. The summed E-state index contributed by atoms with van der Waals surface area (Å²) in [6.45, 7) is 5.00. The molecule has 5 aromatic rings. The van der Waals surface area contributed by atoms with Crippen molar-refractivity contribution in [3.8, 4) is 28.5 Å². The number of morpholine rings is 1. The first kappa shape index (κ1) is 42.0. The molecule has 5 heterocycles. The number of aromatic hydroxyl groups is 1. The summed E-state index contributed by atoms with van der Waals surface area (Å²) in [4.78, 5) is 50.9. The molecule has 0 spiro atoms. The maximum absolute atomic E-state index is 15.5. The number of carbonyl (C=O) groups excluding carboxylic acids is 3. The predicted molar refractivity (Wildman–Crippen MR) is 228 cm³/mol. The van der Waals surface area contributed by atoms with Gasteiger partial charge < -0.3 is 38.6 Å². The molecule has 63 heavy (non-hydrogen) atoms. The van der Waals surface area contributed by atoms with Gasteiger partial charge in [0, 0.05) is 87.1 Å². The van der Waals surface area contributed by atoms with Crippen LogP contribution in [0.25, 0.3) is 11.3 Å². The van der Waals surface area contributed by atoms with Crippen molar-refractivity contribution in [2.45, 2.75) is 64.1 Å². The number of amides is 3. The molecule has 328 valence electrons. The molecular weight excluding hydrogens is 816 g/mol. The van der Waals surface area contributed by atoms with E-state index in [1.807, 2.05) is 29.2 Å². The lowest BCUT2D eigenvalue weighted by atomic mass is 9.89. The Morgan fingerprint density at radius 3 is 2.27 bits per heavy atom. The fourth-order valence-corrected chi connectivity index (χ4v) is 9.31. The van der Waals surface area contributed by atoms with Crippen molar-refractivity contribution in [3.63, 3.8) is 0 Å². The number of nitrogens with zero attached hydrogens (tertiary/aromatic N) is 5. The Bertz CT molecular complexity index is 2520. The van der Waals surface area contributed by atoms with Gasteiger partial charge >= 0.3 is 12.5 Å². The Morgan fingerprint density at radius 2 is 1.52 bits per heavy atom. The number of phenolic OH excluding ortho intramolecular Hbond substituents is 1. The molecule has 4 aromatic carbocycles. The second-order valence-corrected chi connectivity index (χ2v) is 16.6. The third-order valence-corrected chi connectivity index (χ3v) is 12.6. The predicted octanol–water partition coefficient (Wildman–Crippen LogP) is 7.83.